The minimum atomic E-state index is -3.06. The third-order valence-electron chi connectivity index (χ3n) is 4.64. The lowest BCUT2D eigenvalue weighted by Gasteiger charge is -2.12. The third kappa shape index (κ3) is 5.20. The molecule has 1 atom stereocenters. The van der Waals surface area contributed by atoms with Gasteiger partial charge in [-0.3, -0.25) is 14.3 Å². The van der Waals surface area contributed by atoms with E-state index >= 15 is 0 Å². The van der Waals surface area contributed by atoms with Crippen molar-refractivity contribution in [2.24, 2.45) is 0 Å². The van der Waals surface area contributed by atoms with E-state index < -0.39 is 9.84 Å². The molecule has 0 radical (unpaired) electrons. The number of nitrogens with zero attached hydrogens (tertiary/aromatic N) is 4. The first kappa shape index (κ1) is 22.1. The molecule has 0 spiro atoms. The Balaban J connectivity index is 1.58. The molecule has 1 fully saturated rings. The first-order chi connectivity index (χ1) is 14.8. The van der Waals surface area contributed by atoms with Crippen molar-refractivity contribution >= 4 is 50.7 Å². The van der Waals surface area contributed by atoms with Gasteiger partial charge in [-0.15, -0.1) is 10.2 Å². The molecule has 31 heavy (non-hydrogen) atoms. The number of halogens is 2. The number of hydrogen-bond donors (Lipinski definition) is 1. The van der Waals surface area contributed by atoms with E-state index in [9.17, 15) is 13.2 Å². The Morgan fingerprint density at radius 3 is 2.74 bits per heavy atom. The number of pyridine rings is 1. The fourth-order valence-corrected chi connectivity index (χ4v) is 5.94. The average molecular weight is 498 g/mol. The van der Waals surface area contributed by atoms with Crippen LogP contribution in [0.4, 0.5) is 0 Å². The topological polar surface area (TPSA) is 107 Å². The first-order valence-corrected chi connectivity index (χ1v) is 12.8. The maximum atomic E-state index is 12.4. The molecule has 8 nitrogen and oxygen atoms in total. The predicted octanol–water partition coefficient (Wildman–Crippen LogP) is 3.03. The summed E-state index contributed by atoms with van der Waals surface area (Å²) in [7, 11) is -3.06. The Hall–Kier alpha value is -2.14. The summed E-state index contributed by atoms with van der Waals surface area (Å²) >= 11 is 13.5. The van der Waals surface area contributed by atoms with Crippen molar-refractivity contribution in [1.29, 1.82) is 0 Å². The SMILES string of the molecule is O=C(CSc1nnc(-c2cccnc2)n1-c1ccc(Cl)c(Cl)c1)NC1CCS(=O)(=O)C1. The van der Waals surface area contributed by atoms with Gasteiger partial charge in [-0.05, 0) is 36.8 Å². The van der Waals surface area contributed by atoms with E-state index in [1.807, 2.05) is 6.07 Å². The molecule has 1 aliphatic heterocycles. The lowest BCUT2D eigenvalue weighted by Crippen LogP contribution is -2.36. The molecule has 1 unspecified atom stereocenters. The van der Waals surface area contributed by atoms with Gasteiger partial charge in [0.05, 0.1) is 33.0 Å². The van der Waals surface area contributed by atoms with Crippen LogP contribution in [-0.2, 0) is 14.6 Å². The van der Waals surface area contributed by atoms with Crippen LogP contribution in [0.1, 0.15) is 6.42 Å². The average Bonchev–Trinajstić information content (AvgIpc) is 3.32. The van der Waals surface area contributed by atoms with Crippen LogP contribution in [0.2, 0.25) is 10.0 Å². The van der Waals surface area contributed by atoms with Crippen molar-refractivity contribution in [2.45, 2.75) is 17.6 Å². The van der Waals surface area contributed by atoms with E-state index in [1.54, 1.807) is 41.2 Å². The summed E-state index contributed by atoms with van der Waals surface area (Å²) < 4.78 is 25.0. The van der Waals surface area contributed by atoms with Crippen LogP contribution < -0.4 is 5.32 Å². The number of aromatic nitrogens is 4. The molecular formula is C19H17Cl2N5O3S2. The van der Waals surface area contributed by atoms with Gasteiger partial charge in [0.1, 0.15) is 0 Å². The van der Waals surface area contributed by atoms with Crippen LogP contribution >= 0.6 is 35.0 Å². The predicted molar refractivity (Wildman–Crippen MR) is 121 cm³/mol. The highest BCUT2D eigenvalue weighted by atomic mass is 35.5. The summed E-state index contributed by atoms with van der Waals surface area (Å²) in [4.78, 5) is 16.5. The van der Waals surface area contributed by atoms with Crippen LogP contribution in [0.3, 0.4) is 0 Å². The summed E-state index contributed by atoms with van der Waals surface area (Å²) in [5, 5.41) is 12.6. The quantitative estimate of drug-likeness (QED) is 0.521. The number of hydrogen-bond acceptors (Lipinski definition) is 7. The van der Waals surface area contributed by atoms with Crippen LogP contribution in [0, 0.1) is 0 Å². The molecule has 3 heterocycles. The maximum absolute atomic E-state index is 12.4. The number of carbonyl (C=O) groups excluding carboxylic acids is 1. The Morgan fingerprint density at radius 2 is 2.06 bits per heavy atom. The fourth-order valence-electron chi connectivity index (χ4n) is 3.21. The number of rotatable bonds is 6. The molecule has 1 saturated heterocycles. The molecule has 1 amide bonds. The molecule has 12 heteroatoms. The van der Waals surface area contributed by atoms with Gasteiger partial charge < -0.3 is 5.32 Å². The van der Waals surface area contributed by atoms with E-state index in [0.717, 1.165) is 5.56 Å². The summed E-state index contributed by atoms with van der Waals surface area (Å²) in [6.45, 7) is 0. The smallest absolute Gasteiger partial charge is 0.230 e. The molecule has 1 aromatic carbocycles. The second-order valence-corrected chi connectivity index (χ2v) is 10.9. The molecule has 2 aromatic heterocycles. The van der Waals surface area contributed by atoms with E-state index in [2.05, 4.69) is 20.5 Å². The van der Waals surface area contributed by atoms with Gasteiger partial charge in [0, 0.05) is 24.0 Å². The van der Waals surface area contributed by atoms with Crippen molar-refractivity contribution < 1.29 is 13.2 Å². The molecular weight excluding hydrogens is 481 g/mol. The molecule has 4 rings (SSSR count). The van der Waals surface area contributed by atoms with E-state index in [-0.39, 0.29) is 29.2 Å². The lowest BCUT2D eigenvalue weighted by atomic mass is 10.2. The van der Waals surface area contributed by atoms with Crippen molar-refractivity contribution in [3.05, 3.63) is 52.8 Å². The first-order valence-electron chi connectivity index (χ1n) is 9.26. The van der Waals surface area contributed by atoms with Gasteiger partial charge in [0.15, 0.2) is 20.8 Å². The monoisotopic (exact) mass is 497 g/mol. The van der Waals surface area contributed by atoms with Gasteiger partial charge in [0.2, 0.25) is 5.91 Å². The van der Waals surface area contributed by atoms with Crippen LogP contribution in [-0.4, -0.2) is 57.4 Å². The number of nitrogens with one attached hydrogen (secondary N) is 1. The maximum Gasteiger partial charge on any atom is 0.230 e. The van der Waals surface area contributed by atoms with Crippen LogP contribution in [0.15, 0.2) is 47.9 Å². The standard InChI is InChI=1S/C19H17Cl2N5O3S2/c20-15-4-3-14(8-16(15)21)26-18(12-2-1-6-22-9-12)24-25-19(26)30-10-17(27)23-13-5-7-31(28,29)11-13/h1-4,6,8-9,13H,5,7,10-11H2,(H,23,27). The van der Waals surface area contributed by atoms with E-state index in [4.69, 9.17) is 23.2 Å². The summed E-state index contributed by atoms with van der Waals surface area (Å²) in [5.74, 6) is 0.414. The summed E-state index contributed by atoms with van der Waals surface area (Å²) in [6.07, 6.45) is 3.76. The summed E-state index contributed by atoms with van der Waals surface area (Å²) in [6, 6.07) is 8.45. The summed E-state index contributed by atoms with van der Waals surface area (Å²) in [5.41, 5.74) is 1.43. The van der Waals surface area contributed by atoms with Crippen LogP contribution in [0.5, 0.6) is 0 Å². The molecule has 3 aromatic rings. The Labute approximate surface area is 193 Å². The number of benzene rings is 1. The molecule has 0 aliphatic carbocycles. The van der Waals surface area contributed by atoms with Crippen molar-refractivity contribution in [3.8, 4) is 17.1 Å². The Morgan fingerprint density at radius 1 is 1.23 bits per heavy atom. The lowest BCUT2D eigenvalue weighted by molar-refractivity contribution is -0.119. The highest BCUT2D eigenvalue weighted by molar-refractivity contribution is 7.99. The highest BCUT2D eigenvalue weighted by Gasteiger charge is 2.29. The zero-order chi connectivity index (χ0) is 22.0. The highest BCUT2D eigenvalue weighted by Crippen LogP contribution is 2.31. The molecule has 0 bridgehead atoms. The van der Waals surface area contributed by atoms with Gasteiger partial charge in [-0.25, -0.2) is 8.42 Å². The normalized spacial score (nSPS) is 17.5. The largest absolute Gasteiger partial charge is 0.352 e. The van der Waals surface area contributed by atoms with Crippen molar-refractivity contribution in [1.82, 2.24) is 25.1 Å². The Bertz CT molecular complexity index is 1220. The number of thioether (sulfide) groups is 1. The van der Waals surface area contributed by atoms with Crippen LogP contribution in [0.25, 0.3) is 17.1 Å². The second-order valence-electron chi connectivity index (χ2n) is 6.94. The molecule has 162 valence electrons. The zero-order valence-electron chi connectivity index (χ0n) is 16.0. The fraction of sp³-hybridized carbons (Fsp3) is 0.263. The van der Waals surface area contributed by atoms with Gasteiger partial charge >= 0.3 is 0 Å². The Kier molecular flexibility index (Phi) is 6.52. The zero-order valence-corrected chi connectivity index (χ0v) is 19.2. The van der Waals surface area contributed by atoms with Crippen molar-refractivity contribution in [3.63, 3.8) is 0 Å². The minimum Gasteiger partial charge on any atom is -0.352 e. The van der Waals surface area contributed by atoms with Gasteiger partial charge in [0.25, 0.3) is 0 Å². The minimum absolute atomic E-state index is 0.0198. The number of carbonyl (C=O) groups is 1. The van der Waals surface area contributed by atoms with Crippen molar-refractivity contribution in [2.75, 3.05) is 17.3 Å². The molecule has 1 aliphatic rings. The molecule has 1 N–H and O–H groups in total. The number of sulfone groups is 1. The molecule has 0 saturated carbocycles. The van der Waals surface area contributed by atoms with Gasteiger partial charge in [-0.1, -0.05) is 35.0 Å². The number of amides is 1. The van der Waals surface area contributed by atoms with Gasteiger partial charge in [-0.2, -0.15) is 0 Å². The third-order valence-corrected chi connectivity index (χ3v) is 8.08. The van der Waals surface area contributed by atoms with E-state index in [1.165, 1.54) is 11.8 Å². The second kappa shape index (κ2) is 9.15. The van der Waals surface area contributed by atoms with E-state index in [0.29, 0.717) is 33.1 Å².